The van der Waals surface area contributed by atoms with E-state index in [0.717, 1.165) is 16.5 Å². The van der Waals surface area contributed by atoms with Crippen molar-refractivity contribution in [1.29, 1.82) is 0 Å². The van der Waals surface area contributed by atoms with Crippen LogP contribution in [0.5, 0.6) is 0 Å². The van der Waals surface area contributed by atoms with E-state index in [0.29, 0.717) is 21.9 Å². The van der Waals surface area contributed by atoms with Crippen LogP contribution in [0, 0.1) is 0 Å². The van der Waals surface area contributed by atoms with Gasteiger partial charge in [0, 0.05) is 10.9 Å². The van der Waals surface area contributed by atoms with E-state index in [4.69, 9.17) is 0 Å². The Balaban J connectivity index is 2.17. The van der Waals surface area contributed by atoms with E-state index in [1.807, 2.05) is 66.7 Å². The average molecular weight is 338 g/mol. The van der Waals surface area contributed by atoms with E-state index >= 15 is 0 Å². The first kappa shape index (κ1) is 14.7. The molecular weight excluding hydrogens is 324 g/mol. The number of benzene rings is 3. The summed E-state index contributed by atoms with van der Waals surface area (Å²) in [4.78, 5) is 28.8. The minimum Gasteiger partial charge on any atom is -0.307 e. The molecule has 0 fully saturated rings. The lowest BCUT2D eigenvalue weighted by molar-refractivity contribution is 1.11. The SMILES string of the molecule is O=c1[nH]c2c(-c3ccccc3)c3ccccc3c(=O)n2c2ccccc12. The van der Waals surface area contributed by atoms with Gasteiger partial charge in [0.25, 0.3) is 11.1 Å². The van der Waals surface area contributed by atoms with E-state index in [1.54, 1.807) is 16.5 Å². The van der Waals surface area contributed by atoms with Crippen LogP contribution in [-0.4, -0.2) is 9.38 Å². The van der Waals surface area contributed by atoms with Crippen molar-refractivity contribution in [2.24, 2.45) is 0 Å². The Morgan fingerprint density at radius 1 is 0.654 bits per heavy atom. The Kier molecular flexibility index (Phi) is 3.06. The first-order valence-corrected chi connectivity index (χ1v) is 8.39. The van der Waals surface area contributed by atoms with Gasteiger partial charge >= 0.3 is 0 Å². The van der Waals surface area contributed by atoms with Gasteiger partial charge in [-0.15, -0.1) is 0 Å². The molecule has 2 heterocycles. The molecule has 0 bridgehead atoms. The third-order valence-corrected chi connectivity index (χ3v) is 4.77. The van der Waals surface area contributed by atoms with Crippen LogP contribution < -0.4 is 11.1 Å². The highest BCUT2D eigenvalue weighted by Crippen LogP contribution is 2.30. The van der Waals surface area contributed by atoms with Crippen molar-refractivity contribution in [1.82, 2.24) is 9.38 Å². The molecule has 5 aromatic rings. The van der Waals surface area contributed by atoms with Gasteiger partial charge in [-0.3, -0.25) is 14.0 Å². The molecule has 0 saturated carbocycles. The summed E-state index contributed by atoms with van der Waals surface area (Å²) in [6.45, 7) is 0. The fraction of sp³-hybridized carbons (Fsp3) is 0. The van der Waals surface area contributed by atoms with Gasteiger partial charge in [-0.2, -0.15) is 0 Å². The van der Waals surface area contributed by atoms with Crippen LogP contribution >= 0.6 is 0 Å². The molecule has 0 aliphatic rings. The fourth-order valence-corrected chi connectivity index (χ4v) is 3.63. The van der Waals surface area contributed by atoms with Crippen LogP contribution in [0.15, 0.2) is 88.5 Å². The number of nitrogens with zero attached hydrogens (tertiary/aromatic N) is 1. The molecule has 0 aliphatic heterocycles. The van der Waals surface area contributed by atoms with Crippen LogP contribution in [0.3, 0.4) is 0 Å². The van der Waals surface area contributed by atoms with Crippen LogP contribution in [0.1, 0.15) is 0 Å². The first-order valence-electron chi connectivity index (χ1n) is 8.39. The Morgan fingerprint density at radius 3 is 2.04 bits per heavy atom. The molecular formula is C22H14N2O2. The van der Waals surface area contributed by atoms with Crippen molar-refractivity contribution >= 4 is 27.3 Å². The number of H-pyrrole nitrogens is 1. The van der Waals surface area contributed by atoms with Crippen molar-refractivity contribution in [3.8, 4) is 11.1 Å². The molecule has 0 amide bonds. The molecule has 0 aliphatic carbocycles. The van der Waals surface area contributed by atoms with Gasteiger partial charge in [0.15, 0.2) is 0 Å². The Labute approximate surface area is 148 Å². The Morgan fingerprint density at radius 2 is 1.27 bits per heavy atom. The predicted molar refractivity (Wildman–Crippen MR) is 105 cm³/mol. The summed E-state index contributed by atoms with van der Waals surface area (Å²) < 4.78 is 1.61. The second-order valence-corrected chi connectivity index (χ2v) is 6.25. The summed E-state index contributed by atoms with van der Waals surface area (Å²) in [5, 5.41) is 1.95. The number of hydrogen-bond acceptors (Lipinski definition) is 2. The number of rotatable bonds is 1. The van der Waals surface area contributed by atoms with E-state index < -0.39 is 0 Å². The molecule has 0 unspecified atom stereocenters. The van der Waals surface area contributed by atoms with Gasteiger partial charge in [-0.1, -0.05) is 60.7 Å². The summed E-state index contributed by atoms with van der Waals surface area (Å²) >= 11 is 0. The maximum atomic E-state index is 13.2. The summed E-state index contributed by atoms with van der Waals surface area (Å²) in [6.07, 6.45) is 0. The van der Waals surface area contributed by atoms with E-state index in [-0.39, 0.29) is 11.1 Å². The molecule has 5 rings (SSSR count). The molecule has 4 heteroatoms. The molecule has 26 heavy (non-hydrogen) atoms. The highest BCUT2D eigenvalue weighted by Gasteiger charge is 2.16. The highest BCUT2D eigenvalue weighted by molar-refractivity contribution is 6.03. The van der Waals surface area contributed by atoms with Crippen molar-refractivity contribution in [3.63, 3.8) is 0 Å². The molecule has 0 saturated heterocycles. The molecule has 0 spiro atoms. The topological polar surface area (TPSA) is 54.3 Å². The lowest BCUT2D eigenvalue weighted by Gasteiger charge is -2.14. The summed E-state index contributed by atoms with van der Waals surface area (Å²) in [5.41, 5.74) is 2.59. The standard InChI is InChI=1S/C22H14N2O2/c25-21-17-12-6-7-13-18(17)24-20(23-21)19(14-8-2-1-3-9-14)15-10-4-5-11-16(15)22(24)26/h1-13H,(H,23,25). The number of pyridine rings is 1. The van der Waals surface area contributed by atoms with Crippen molar-refractivity contribution in [2.75, 3.05) is 0 Å². The second-order valence-electron chi connectivity index (χ2n) is 6.25. The van der Waals surface area contributed by atoms with Gasteiger partial charge in [0.1, 0.15) is 5.65 Å². The number of aromatic amines is 1. The lowest BCUT2D eigenvalue weighted by atomic mass is 9.99. The van der Waals surface area contributed by atoms with Crippen LogP contribution in [-0.2, 0) is 0 Å². The zero-order valence-electron chi connectivity index (χ0n) is 13.8. The summed E-state index contributed by atoms with van der Waals surface area (Å²) in [6, 6.07) is 24.5. The van der Waals surface area contributed by atoms with Crippen molar-refractivity contribution < 1.29 is 0 Å². The molecule has 0 radical (unpaired) electrons. The quantitative estimate of drug-likeness (QED) is 0.371. The number of fused-ring (bicyclic) bond motifs is 4. The Hall–Kier alpha value is -3.66. The third-order valence-electron chi connectivity index (χ3n) is 4.77. The Bertz CT molecular complexity index is 1410. The second kappa shape index (κ2) is 5.43. The summed E-state index contributed by atoms with van der Waals surface area (Å²) in [7, 11) is 0. The number of nitrogens with one attached hydrogen (secondary N) is 1. The van der Waals surface area contributed by atoms with Crippen molar-refractivity contribution in [2.45, 2.75) is 0 Å². The molecule has 4 nitrogen and oxygen atoms in total. The van der Waals surface area contributed by atoms with E-state index in [9.17, 15) is 9.59 Å². The largest absolute Gasteiger partial charge is 0.307 e. The first-order chi connectivity index (χ1) is 12.8. The van der Waals surface area contributed by atoms with Crippen LogP contribution in [0.25, 0.3) is 38.4 Å². The smallest absolute Gasteiger partial charge is 0.264 e. The molecule has 2 aromatic heterocycles. The number of para-hydroxylation sites is 1. The molecule has 0 atom stereocenters. The maximum absolute atomic E-state index is 13.2. The van der Waals surface area contributed by atoms with Crippen molar-refractivity contribution in [3.05, 3.63) is 99.6 Å². The maximum Gasteiger partial charge on any atom is 0.264 e. The summed E-state index contributed by atoms with van der Waals surface area (Å²) in [5.74, 6) is 0. The van der Waals surface area contributed by atoms with E-state index in [2.05, 4.69) is 4.98 Å². The zero-order chi connectivity index (χ0) is 17.7. The number of hydrogen-bond donors (Lipinski definition) is 1. The average Bonchev–Trinajstić information content (AvgIpc) is 2.69. The molecule has 124 valence electrons. The fourth-order valence-electron chi connectivity index (χ4n) is 3.63. The third kappa shape index (κ3) is 1.96. The monoisotopic (exact) mass is 338 g/mol. The van der Waals surface area contributed by atoms with Crippen LogP contribution in [0.4, 0.5) is 0 Å². The predicted octanol–water partition coefficient (Wildman–Crippen LogP) is 3.96. The van der Waals surface area contributed by atoms with Gasteiger partial charge in [0.05, 0.1) is 10.9 Å². The van der Waals surface area contributed by atoms with Gasteiger partial charge in [-0.05, 0) is 29.1 Å². The lowest BCUT2D eigenvalue weighted by Crippen LogP contribution is -2.21. The highest BCUT2D eigenvalue weighted by atomic mass is 16.1. The van der Waals surface area contributed by atoms with Gasteiger partial charge in [-0.25, -0.2) is 0 Å². The van der Waals surface area contributed by atoms with E-state index in [1.165, 1.54) is 0 Å². The minimum absolute atomic E-state index is 0.136. The molecule has 3 aromatic carbocycles. The minimum atomic E-state index is -0.201. The zero-order valence-corrected chi connectivity index (χ0v) is 13.8. The van der Waals surface area contributed by atoms with Crippen LogP contribution in [0.2, 0.25) is 0 Å². The van der Waals surface area contributed by atoms with Gasteiger partial charge in [0.2, 0.25) is 0 Å². The molecule has 1 N–H and O–H groups in total. The normalized spacial score (nSPS) is 11.4. The van der Waals surface area contributed by atoms with Gasteiger partial charge < -0.3 is 4.98 Å². The number of aromatic nitrogens is 2.